The number of nitrogens with one attached hydrogen (secondary N) is 1. The highest BCUT2D eigenvalue weighted by atomic mass is 35.5. The van der Waals surface area contributed by atoms with E-state index in [-0.39, 0.29) is 12.4 Å². The second-order valence-corrected chi connectivity index (χ2v) is 8.35. The third-order valence-corrected chi connectivity index (χ3v) is 6.16. The first kappa shape index (κ1) is 22.2. The zero-order valence-electron chi connectivity index (χ0n) is 16.3. The van der Waals surface area contributed by atoms with Gasteiger partial charge in [0.05, 0.1) is 0 Å². The van der Waals surface area contributed by atoms with Crippen LogP contribution in [0, 0.1) is 0 Å². The van der Waals surface area contributed by atoms with Crippen molar-refractivity contribution in [3.63, 3.8) is 0 Å². The van der Waals surface area contributed by atoms with Gasteiger partial charge in [-0.25, -0.2) is 0 Å². The van der Waals surface area contributed by atoms with E-state index in [1.807, 2.05) is 12.1 Å². The van der Waals surface area contributed by atoms with Crippen molar-refractivity contribution < 1.29 is 4.74 Å². The van der Waals surface area contributed by atoms with Crippen LogP contribution < -0.4 is 10.1 Å². The van der Waals surface area contributed by atoms with Gasteiger partial charge >= 0.3 is 0 Å². The fraction of sp³-hybridized carbons (Fsp3) is 0.333. The van der Waals surface area contributed by atoms with Gasteiger partial charge in [-0.1, -0.05) is 78.9 Å². The van der Waals surface area contributed by atoms with Crippen LogP contribution in [0.3, 0.4) is 0 Å². The number of hydrogen-bond acceptors (Lipinski definition) is 2. The Kier molecular flexibility index (Phi) is 8.08. The average Bonchev–Trinajstić information content (AvgIpc) is 2.72. The lowest BCUT2D eigenvalue weighted by Gasteiger charge is -2.24. The van der Waals surface area contributed by atoms with E-state index < -0.39 is 0 Å². The lowest BCUT2D eigenvalue weighted by Crippen LogP contribution is -2.30. The molecule has 1 saturated carbocycles. The van der Waals surface area contributed by atoms with Crippen LogP contribution in [0.5, 0.6) is 5.75 Å². The van der Waals surface area contributed by atoms with E-state index in [4.69, 9.17) is 27.9 Å². The molecular formula is C24H26Cl3NO. The van der Waals surface area contributed by atoms with Crippen LogP contribution in [0.4, 0.5) is 0 Å². The van der Waals surface area contributed by atoms with Crippen LogP contribution in [0.15, 0.2) is 54.6 Å². The van der Waals surface area contributed by atoms with Crippen molar-refractivity contribution in [2.24, 2.45) is 0 Å². The molecule has 0 unspecified atom stereocenters. The number of fused-ring (bicyclic) bond motifs is 1. The fourth-order valence-electron chi connectivity index (χ4n) is 3.98. The molecule has 1 N–H and O–H groups in total. The summed E-state index contributed by atoms with van der Waals surface area (Å²) in [5.74, 6) is 0.910. The van der Waals surface area contributed by atoms with Crippen molar-refractivity contribution in [1.82, 2.24) is 5.32 Å². The van der Waals surface area contributed by atoms with E-state index in [0.717, 1.165) is 17.9 Å². The maximum Gasteiger partial charge on any atom is 0.124 e. The van der Waals surface area contributed by atoms with Crippen molar-refractivity contribution in [2.45, 2.75) is 51.3 Å². The molecule has 154 valence electrons. The smallest absolute Gasteiger partial charge is 0.124 e. The van der Waals surface area contributed by atoms with Gasteiger partial charge in [-0.2, -0.15) is 0 Å². The molecule has 5 heteroatoms. The maximum absolute atomic E-state index is 6.32. The predicted octanol–water partition coefficient (Wildman–Crippen LogP) is 7.57. The molecular weight excluding hydrogens is 425 g/mol. The molecule has 1 aliphatic carbocycles. The van der Waals surface area contributed by atoms with Crippen molar-refractivity contribution in [1.29, 1.82) is 0 Å². The largest absolute Gasteiger partial charge is 0.488 e. The summed E-state index contributed by atoms with van der Waals surface area (Å²) in [5, 5.41) is 7.51. The first-order valence-electron chi connectivity index (χ1n) is 10.0. The van der Waals surface area contributed by atoms with E-state index >= 15 is 0 Å². The first-order chi connectivity index (χ1) is 13.7. The zero-order chi connectivity index (χ0) is 19.3. The minimum Gasteiger partial charge on any atom is -0.488 e. The first-order valence-corrected chi connectivity index (χ1v) is 10.8. The highest BCUT2D eigenvalue weighted by Gasteiger charge is 2.15. The summed E-state index contributed by atoms with van der Waals surface area (Å²) >= 11 is 12.3. The molecule has 0 radical (unpaired) electrons. The molecule has 0 heterocycles. The number of halogens is 3. The molecule has 0 saturated heterocycles. The monoisotopic (exact) mass is 449 g/mol. The number of ether oxygens (including phenoxy) is 1. The van der Waals surface area contributed by atoms with Gasteiger partial charge in [-0.3, -0.25) is 0 Å². The van der Waals surface area contributed by atoms with Crippen molar-refractivity contribution in [3.8, 4) is 5.75 Å². The maximum atomic E-state index is 6.32. The second-order valence-electron chi connectivity index (χ2n) is 7.50. The molecule has 1 aliphatic rings. The molecule has 0 spiro atoms. The third-order valence-electron chi connectivity index (χ3n) is 5.57. The molecule has 3 aromatic carbocycles. The molecule has 4 rings (SSSR count). The Morgan fingerprint density at radius 2 is 1.72 bits per heavy atom. The van der Waals surface area contributed by atoms with Crippen molar-refractivity contribution in [2.75, 3.05) is 0 Å². The van der Waals surface area contributed by atoms with Crippen LogP contribution >= 0.6 is 35.6 Å². The summed E-state index contributed by atoms with van der Waals surface area (Å²) in [4.78, 5) is 0. The zero-order valence-corrected chi connectivity index (χ0v) is 18.6. The summed E-state index contributed by atoms with van der Waals surface area (Å²) in [7, 11) is 0. The molecule has 1 fully saturated rings. The van der Waals surface area contributed by atoms with Gasteiger partial charge in [0.15, 0.2) is 0 Å². The molecule has 0 bridgehead atoms. The van der Waals surface area contributed by atoms with Gasteiger partial charge in [-0.15, -0.1) is 12.4 Å². The average molecular weight is 451 g/mol. The van der Waals surface area contributed by atoms with Gasteiger partial charge in [0.2, 0.25) is 0 Å². The predicted molar refractivity (Wildman–Crippen MR) is 126 cm³/mol. The summed E-state index contributed by atoms with van der Waals surface area (Å²) in [6, 6.07) is 18.8. The van der Waals surface area contributed by atoms with E-state index in [2.05, 4.69) is 41.7 Å². The minimum absolute atomic E-state index is 0. The number of rotatable bonds is 6. The Labute approximate surface area is 189 Å². The van der Waals surface area contributed by atoms with Crippen molar-refractivity contribution >= 4 is 46.4 Å². The number of hydrogen-bond donors (Lipinski definition) is 1. The minimum atomic E-state index is 0. The van der Waals surface area contributed by atoms with E-state index in [1.54, 1.807) is 6.07 Å². The molecule has 0 aliphatic heterocycles. The Hall–Kier alpha value is -1.45. The Bertz CT molecular complexity index is 954. The van der Waals surface area contributed by atoms with E-state index in [1.165, 1.54) is 48.4 Å². The van der Waals surface area contributed by atoms with Gasteiger partial charge in [-0.05, 0) is 41.8 Å². The summed E-state index contributed by atoms with van der Waals surface area (Å²) in [6.07, 6.45) is 6.54. The Balaban J connectivity index is 0.00000240. The molecule has 0 amide bonds. The van der Waals surface area contributed by atoms with E-state index in [0.29, 0.717) is 22.7 Å². The molecule has 0 atom stereocenters. The topological polar surface area (TPSA) is 21.3 Å². The van der Waals surface area contributed by atoms with Crippen LogP contribution in [-0.4, -0.2) is 6.04 Å². The van der Waals surface area contributed by atoms with Crippen LogP contribution in [-0.2, 0) is 13.2 Å². The van der Waals surface area contributed by atoms with E-state index in [9.17, 15) is 0 Å². The summed E-state index contributed by atoms with van der Waals surface area (Å²) in [6.45, 7) is 1.24. The molecule has 3 aromatic rings. The third kappa shape index (κ3) is 5.58. The molecule has 29 heavy (non-hydrogen) atoms. The van der Waals surface area contributed by atoms with Crippen LogP contribution in [0.25, 0.3) is 10.8 Å². The molecule has 2 nitrogen and oxygen atoms in total. The standard InChI is InChI=1S/C24H25Cl2NO.ClH/c25-19-12-10-18(23(26)14-19)16-28-24-13-11-17-6-4-5-9-21(17)22(24)15-27-20-7-2-1-3-8-20;/h4-6,9-14,20,27H,1-3,7-8,15-16H2;1H. The summed E-state index contributed by atoms with van der Waals surface area (Å²) in [5.41, 5.74) is 2.15. The quantitative estimate of drug-likeness (QED) is 0.418. The lowest BCUT2D eigenvalue weighted by molar-refractivity contribution is 0.300. The summed E-state index contributed by atoms with van der Waals surface area (Å²) < 4.78 is 6.22. The van der Waals surface area contributed by atoms with Gasteiger partial charge in [0.1, 0.15) is 12.4 Å². The number of benzene rings is 3. The fourth-order valence-corrected chi connectivity index (χ4v) is 4.44. The second kappa shape index (κ2) is 10.5. The normalized spacial score (nSPS) is 14.6. The van der Waals surface area contributed by atoms with Gasteiger partial charge in [0, 0.05) is 33.8 Å². The lowest BCUT2D eigenvalue weighted by atomic mass is 9.95. The SMILES string of the molecule is Cl.Clc1ccc(COc2ccc3ccccc3c2CNC2CCCCC2)c(Cl)c1. The van der Waals surface area contributed by atoms with Crippen LogP contribution in [0.1, 0.15) is 43.2 Å². The highest BCUT2D eigenvalue weighted by Crippen LogP contribution is 2.30. The van der Waals surface area contributed by atoms with Gasteiger partial charge < -0.3 is 10.1 Å². The van der Waals surface area contributed by atoms with Crippen molar-refractivity contribution in [3.05, 3.63) is 75.8 Å². The van der Waals surface area contributed by atoms with Gasteiger partial charge in [0.25, 0.3) is 0 Å². The Morgan fingerprint density at radius 3 is 2.52 bits per heavy atom. The highest BCUT2D eigenvalue weighted by molar-refractivity contribution is 6.35. The van der Waals surface area contributed by atoms with Crippen LogP contribution in [0.2, 0.25) is 10.0 Å². The Morgan fingerprint density at radius 1 is 0.931 bits per heavy atom. The molecule has 0 aromatic heterocycles.